The van der Waals surface area contributed by atoms with Crippen molar-refractivity contribution in [1.82, 2.24) is 20.1 Å². The van der Waals surface area contributed by atoms with Crippen molar-refractivity contribution in [3.8, 4) is 0 Å². The predicted molar refractivity (Wildman–Crippen MR) is 79.0 cm³/mol. The molecule has 7 nitrogen and oxygen atoms in total. The second-order valence-corrected chi connectivity index (χ2v) is 6.00. The van der Waals surface area contributed by atoms with Crippen molar-refractivity contribution < 1.29 is 9.90 Å². The number of nitrogens with zero attached hydrogens (tertiary/aromatic N) is 5. The molecule has 0 radical (unpaired) electrons. The van der Waals surface area contributed by atoms with E-state index in [1.807, 2.05) is 18.7 Å². The average molecular weight is 293 g/mol. The van der Waals surface area contributed by atoms with Gasteiger partial charge in [-0.25, -0.2) is 4.98 Å². The van der Waals surface area contributed by atoms with Gasteiger partial charge in [-0.15, -0.1) is 5.10 Å². The highest BCUT2D eigenvalue weighted by Gasteiger charge is 2.36. The maximum absolute atomic E-state index is 11.9. The number of piperidine rings is 1. The van der Waals surface area contributed by atoms with Gasteiger partial charge in [-0.3, -0.25) is 4.79 Å². The first-order valence-corrected chi connectivity index (χ1v) is 7.16. The summed E-state index contributed by atoms with van der Waals surface area (Å²) in [6, 6.07) is 0. The van der Waals surface area contributed by atoms with E-state index in [4.69, 9.17) is 0 Å². The van der Waals surface area contributed by atoms with Gasteiger partial charge in [-0.1, -0.05) is 0 Å². The highest BCUT2D eigenvalue weighted by Crippen LogP contribution is 2.27. The third kappa shape index (κ3) is 3.66. The van der Waals surface area contributed by atoms with Gasteiger partial charge < -0.3 is 14.9 Å². The lowest BCUT2D eigenvalue weighted by atomic mass is 9.89. The number of rotatable bonds is 3. The largest absolute Gasteiger partial charge is 0.388 e. The van der Waals surface area contributed by atoms with Crippen LogP contribution in [-0.2, 0) is 4.79 Å². The molecule has 1 aromatic heterocycles. The molecule has 1 amide bonds. The molecular formula is C14H23N5O2. The second-order valence-electron chi connectivity index (χ2n) is 6.00. The minimum Gasteiger partial charge on any atom is -0.388 e. The summed E-state index contributed by atoms with van der Waals surface area (Å²) in [7, 11) is 3.39. The quantitative estimate of drug-likeness (QED) is 0.863. The fourth-order valence-corrected chi connectivity index (χ4v) is 2.45. The van der Waals surface area contributed by atoms with Crippen LogP contribution in [0.4, 0.5) is 5.95 Å². The lowest BCUT2D eigenvalue weighted by Gasteiger charge is -2.39. The third-order valence-corrected chi connectivity index (χ3v) is 3.90. The summed E-state index contributed by atoms with van der Waals surface area (Å²) in [6.07, 6.45) is 1.53. The van der Waals surface area contributed by atoms with Gasteiger partial charge in [-0.05, 0) is 26.7 Å². The number of amides is 1. The molecule has 0 spiro atoms. The highest BCUT2D eigenvalue weighted by atomic mass is 16.3. The summed E-state index contributed by atoms with van der Waals surface area (Å²) >= 11 is 0. The lowest BCUT2D eigenvalue weighted by molar-refractivity contribution is -0.134. The molecule has 1 atom stereocenters. The van der Waals surface area contributed by atoms with Crippen LogP contribution in [0.2, 0.25) is 0 Å². The van der Waals surface area contributed by atoms with Crippen LogP contribution in [0.5, 0.6) is 0 Å². The van der Waals surface area contributed by atoms with Crippen molar-refractivity contribution >= 4 is 11.9 Å². The van der Waals surface area contributed by atoms with Crippen LogP contribution in [0.15, 0.2) is 0 Å². The molecule has 2 heterocycles. The number of carbonyl (C=O) groups excluding carboxylic acids is 1. The molecule has 1 N–H and O–H groups in total. The molecule has 0 aromatic carbocycles. The van der Waals surface area contributed by atoms with E-state index in [-0.39, 0.29) is 12.3 Å². The first-order chi connectivity index (χ1) is 9.81. The number of anilines is 1. The van der Waals surface area contributed by atoms with Gasteiger partial charge in [0, 0.05) is 20.6 Å². The molecule has 0 bridgehead atoms. The van der Waals surface area contributed by atoms with Crippen molar-refractivity contribution in [2.24, 2.45) is 0 Å². The molecule has 116 valence electrons. The Bertz CT molecular complexity index is 534. The fourth-order valence-electron chi connectivity index (χ4n) is 2.45. The molecular weight excluding hydrogens is 270 g/mol. The Balaban J connectivity index is 2.12. The van der Waals surface area contributed by atoms with Crippen molar-refractivity contribution in [3.63, 3.8) is 0 Å². The van der Waals surface area contributed by atoms with Gasteiger partial charge >= 0.3 is 0 Å². The summed E-state index contributed by atoms with van der Waals surface area (Å²) in [5.41, 5.74) is 0.606. The minimum absolute atomic E-state index is 0.0709. The van der Waals surface area contributed by atoms with E-state index in [1.54, 1.807) is 14.1 Å². The summed E-state index contributed by atoms with van der Waals surface area (Å²) in [5, 5.41) is 18.9. The molecule has 21 heavy (non-hydrogen) atoms. The van der Waals surface area contributed by atoms with Gasteiger partial charge in [-0.2, -0.15) is 5.10 Å². The number of hydrogen-bond donors (Lipinski definition) is 1. The van der Waals surface area contributed by atoms with Crippen LogP contribution >= 0.6 is 0 Å². The fraction of sp³-hybridized carbons (Fsp3) is 0.714. The first-order valence-electron chi connectivity index (χ1n) is 7.16. The zero-order valence-electron chi connectivity index (χ0n) is 13.1. The summed E-state index contributed by atoms with van der Waals surface area (Å²) < 4.78 is 0. The van der Waals surface area contributed by atoms with E-state index in [1.165, 1.54) is 4.90 Å². The molecule has 1 aliphatic heterocycles. The lowest BCUT2D eigenvalue weighted by Crippen LogP contribution is -2.51. The third-order valence-electron chi connectivity index (χ3n) is 3.90. The second kappa shape index (κ2) is 5.93. The Morgan fingerprint density at radius 2 is 2.05 bits per heavy atom. The summed E-state index contributed by atoms with van der Waals surface area (Å²) in [4.78, 5) is 19.7. The molecule has 1 aliphatic rings. The van der Waals surface area contributed by atoms with Gasteiger partial charge in [0.1, 0.15) is 0 Å². The van der Waals surface area contributed by atoms with Crippen LogP contribution in [-0.4, -0.2) is 63.9 Å². The van der Waals surface area contributed by atoms with Gasteiger partial charge in [0.25, 0.3) is 0 Å². The van der Waals surface area contributed by atoms with Crippen molar-refractivity contribution in [1.29, 1.82) is 0 Å². The minimum atomic E-state index is -1.03. The maximum Gasteiger partial charge on any atom is 0.245 e. The monoisotopic (exact) mass is 293 g/mol. The van der Waals surface area contributed by atoms with Gasteiger partial charge in [0.05, 0.1) is 30.0 Å². The molecule has 1 unspecified atom stereocenters. The Morgan fingerprint density at radius 1 is 1.33 bits per heavy atom. The van der Waals surface area contributed by atoms with E-state index in [0.717, 1.165) is 24.4 Å². The Kier molecular flexibility index (Phi) is 4.41. The standard InChI is InChI=1S/C14H23N5O2/c1-10-11(2)16-17-13(15-10)19-7-5-6-14(21,9-19)8-12(20)18(3)4/h21H,5-9H2,1-4H3. The first kappa shape index (κ1) is 15.6. The smallest absolute Gasteiger partial charge is 0.245 e. The van der Waals surface area contributed by atoms with Crippen LogP contribution < -0.4 is 4.90 Å². The normalized spacial score (nSPS) is 22.2. The molecule has 1 saturated heterocycles. The van der Waals surface area contributed by atoms with Crippen LogP contribution in [0.25, 0.3) is 0 Å². The highest BCUT2D eigenvalue weighted by molar-refractivity contribution is 5.76. The zero-order chi connectivity index (χ0) is 15.6. The number of hydrogen-bond acceptors (Lipinski definition) is 6. The summed E-state index contributed by atoms with van der Waals surface area (Å²) in [5.74, 6) is 0.451. The van der Waals surface area contributed by atoms with E-state index < -0.39 is 5.60 Å². The van der Waals surface area contributed by atoms with E-state index in [9.17, 15) is 9.90 Å². The number of aromatic nitrogens is 3. The summed E-state index contributed by atoms with van der Waals surface area (Å²) in [6.45, 7) is 4.88. The van der Waals surface area contributed by atoms with E-state index in [2.05, 4.69) is 15.2 Å². The molecule has 7 heteroatoms. The Morgan fingerprint density at radius 3 is 2.67 bits per heavy atom. The van der Waals surface area contributed by atoms with Crippen molar-refractivity contribution in [3.05, 3.63) is 11.4 Å². The Labute approximate surface area is 125 Å². The zero-order valence-corrected chi connectivity index (χ0v) is 13.1. The van der Waals surface area contributed by atoms with E-state index in [0.29, 0.717) is 18.9 Å². The van der Waals surface area contributed by atoms with Crippen LogP contribution in [0.1, 0.15) is 30.7 Å². The number of aliphatic hydroxyl groups is 1. The van der Waals surface area contributed by atoms with E-state index >= 15 is 0 Å². The molecule has 2 rings (SSSR count). The average Bonchev–Trinajstić information content (AvgIpc) is 2.41. The predicted octanol–water partition coefficient (Wildman–Crippen LogP) is 0.298. The van der Waals surface area contributed by atoms with Gasteiger partial charge in [0.15, 0.2) is 0 Å². The molecule has 1 fully saturated rings. The van der Waals surface area contributed by atoms with Crippen LogP contribution in [0, 0.1) is 13.8 Å². The molecule has 0 aliphatic carbocycles. The topological polar surface area (TPSA) is 82.4 Å². The number of carbonyl (C=O) groups is 1. The van der Waals surface area contributed by atoms with Crippen LogP contribution in [0.3, 0.4) is 0 Å². The SMILES string of the molecule is Cc1nnc(N2CCCC(O)(CC(=O)N(C)C)C2)nc1C. The van der Waals surface area contributed by atoms with Gasteiger partial charge in [0.2, 0.25) is 11.9 Å². The molecule has 0 saturated carbocycles. The Hall–Kier alpha value is -1.76. The number of β-amino-alcohol motifs (C(OH)–C–C–N with tert-alkyl or cyclic N) is 1. The van der Waals surface area contributed by atoms with Crippen molar-refractivity contribution in [2.75, 3.05) is 32.1 Å². The number of aryl methyl sites for hydroxylation is 2. The maximum atomic E-state index is 11.9. The van der Waals surface area contributed by atoms with Crippen molar-refractivity contribution in [2.45, 2.75) is 38.7 Å². The molecule has 1 aromatic rings.